The first-order valence-corrected chi connectivity index (χ1v) is 28.1. The number of nitrogens with one attached hydrogen (secondary N) is 1. The van der Waals surface area contributed by atoms with Crippen LogP contribution in [-0.4, -0.2) is 81.6 Å². The third-order valence-electron chi connectivity index (χ3n) is 12.1. The van der Waals surface area contributed by atoms with Crippen LogP contribution in [0.15, 0.2) is 107 Å². The molecule has 5 heterocycles. The molecule has 0 unspecified atom stereocenters. The van der Waals surface area contributed by atoms with Gasteiger partial charge in [0.2, 0.25) is 0 Å². The van der Waals surface area contributed by atoms with E-state index in [1.54, 1.807) is 6.20 Å². The summed E-state index contributed by atoms with van der Waals surface area (Å²) in [5, 5.41) is 8.04. The van der Waals surface area contributed by atoms with E-state index >= 15 is 0 Å². The molecule has 79 heavy (non-hydrogen) atoms. The number of nitrogens with two attached hydrogens (primary N) is 1. The van der Waals surface area contributed by atoms with E-state index in [4.69, 9.17) is 37.0 Å². The summed E-state index contributed by atoms with van der Waals surface area (Å²) in [4.78, 5) is 50.6. The zero-order chi connectivity index (χ0) is 57.8. The van der Waals surface area contributed by atoms with Gasteiger partial charge in [0.15, 0.2) is 17.5 Å². The minimum Gasteiger partial charge on any atom is -0.460 e. The van der Waals surface area contributed by atoms with Gasteiger partial charge in [-0.15, -0.1) is 12.4 Å². The van der Waals surface area contributed by atoms with Crippen molar-refractivity contribution in [1.82, 2.24) is 15.0 Å². The fraction of sp³-hybridized carbons (Fsp3) is 0.475. The number of esters is 3. The average Bonchev–Trinajstić information content (AvgIpc) is 3.39. The van der Waals surface area contributed by atoms with Crippen molar-refractivity contribution in [3.63, 3.8) is 0 Å². The lowest BCUT2D eigenvalue weighted by Gasteiger charge is -2.34. The fourth-order valence-corrected chi connectivity index (χ4v) is 9.39. The number of hydrogen-bond acceptors (Lipinski definition) is 13. The molecule has 2 saturated heterocycles. The summed E-state index contributed by atoms with van der Waals surface area (Å²) in [7, 11) is 0. The molecule has 3 aliphatic rings. The zero-order valence-electron chi connectivity index (χ0n) is 46.6. The second-order valence-corrected chi connectivity index (χ2v) is 24.1. The van der Waals surface area contributed by atoms with Gasteiger partial charge in [-0.1, -0.05) is 91.5 Å². The lowest BCUT2D eigenvalue weighted by molar-refractivity contribution is -0.162. The molecule has 13 nitrogen and oxygen atoms in total. The van der Waals surface area contributed by atoms with Gasteiger partial charge in [-0.2, -0.15) is 0 Å². The van der Waals surface area contributed by atoms with Crippen LogP contribution in [0.5, 0.6) is 0 Å². The zero-order valence-corrected chi connectivity index (χ0v) is 51.3. The van der Waals surface area contributed by atoms with Crippen LogP contribution in [0.4, 0.5) is 30.2 Å². The third kappa shape index (κ3) is 23.7. The van der Waals surface area contributed by atoms with Gasteiger partial charge in [0.25, 0.3) is 0 Å². The molecule has 3 aromatic heterocycles. The van der Waals surface area contributed by atoms with E-state index in [1.807, 2.05) is 133 Å². The molecule has 3 N–H and O–H groups in total. The first-order chi connectivity index (χ1) is 36.6. The monoisotopic (exact) mass is 1260 g/mol. The number of pyridine rings is 3. The summed E-state index contributed by atoms with van der Waals surface area (Å²) in [5.74, 6) is -1.67. The van der Waals surface area contributed by atoms with E-state index in [9.17, 15) is 27.6 Å². The molecule has 0 radical (unpaired) electrons. The van der Waals surface area contributed by atoms with Crippen LogP contribution in [0.2, 0.25) is 5.02 Å². The number of halogens is 7. The van der Waals surface area contributed by atoms with Crippen molar-refractivity contribution in [2.75, 3.05) is 41.7 Å². The topological polar surface area (TPSA) is 174 Å². The number of rotatable bonds is 7. The Morgan fingerprint density at radius 2 is 0.886 bits per heavy atom. The Labute approximate surface area is 492 Å². The number of aromatic nitrogens is 3. The molecule has 2 aliphatic heterocycles. The summed E-state index contributed by atoms with van der Waals surface area (Å²) in [6.45, 7) is 19.3. The SMILES string of the molecule is CC(C)(C)OC(=O)C1CCCCC1.CC(C)(C)OC(=O)C1CCN(c2c(F)cncc2Br)CC1.CC(C)(C)OC(=O)C1CCN(c2c(N)cncc2F)CC1.Cl.Fc1cncc(Br)c1Cl.N=C(c1ccccc1)c1ccccc1. The van der Waals surface area contributed by atoms with Crippen LogP contribution in [0.25, 0.3) is 0 Å². The summed E-state index contributed by atoms with van der Waals surface area (Å²) in [6.07, 6.45) is 16.2. The molecule has 0 amide bonds. The van der Waals surface area contributed by atoms with Crippen molar-refractivity contribution in [3.8, 4) is 0 Å². The molecular formula is C59H76Br2Cl2F3N7O6. The van der Waals surface area contributed by atoms with Gasteiger partial charge in [-0.25, -0.2) is 13.2 Å². The standard InChI is InChI=1S/C15H20BrFN2O2.C15H22FN3O2.C13H11N.C11H20O2.C5H2BrClFN.ClH/c2*1-15(2,3)21-14(20)10-4-6-19(7-5-10)13-11(16)8-18-9-12(13)17;14-13(11-7-3-1-4-8-11)12-9-5-2-6-10-12;1-11(2,3)13-10(12)9-7-5-4-6-8-9;6-3-1-9-2-4(8)5(3)7;/h8-10H,4-7H2,1-3H3;8-10H,4-7,17H2,1-3H3;1-10,14H;9H,4-8H2,1-3H3;1-2H;1H. The van der Waals surface area contributed by atoms with Gasteiger partial charge in [0.05, 0.1) is 79.3 Å². The molecule has 1 saturated carbocycles. The third-order valence-corrected chi connectivity index (χ3v) is 13.9. The first-order valence-electron chi connectivity index (χ1n) is 26.1. The molecule has 8 rings (SSSR count). The Balaban J connectivity index is 0.000000266. The second-order valence-electron chi connectivity index (χ2n) is 22.0. The number of nitrogen functional groups attached to an aromatic ring is 1. The highest BCUT2D eigenvalue weighted by molar-refractivity contribution is 9.11. The second kappa shape index (κ2) is 32.2. The number of nitrogens with zero attached hydrogens (tertiary/aromatic N) is 5. The van der Waals surface area contributed by atoms with Crippen LogP contribution < -0.4 is 15.5 Å². The van der Waals surface area contributed by atoms with Gasteiger partial charge in [0.1, 0.15) is 16.8 Å². The number of hydrogen-bond donors (Lipinski definition) is 2. The molecule has 0 spiro atoms. The predicted molar refractivity (Wildman–Crippen MR) is 317 cm³/mol. The van der Waals surface area contributed by atoms with Crippen LogP contribution in [0.3, 0.4) is 0 Å². The number of benzene rings is 2. The summed E-state index contributed by atoms with van der Waals surface area (Å²) < 4.78 is 57.3. The Kier molecular flexibility index (Phi) is 27.7. The molecule has 20 heteroatoms. The number of anilines is 3. The highest BCUT2D eigenvalue weighted by Gasteiger charge is 2.32. The largest absolute Gasteiger partial charge is 0.460 e. The molecule has 0 atom stereocenters. The van der Waals surface area contributed by atoms with E-state index in [0.717, 1.165) is 36.4 Å². The van der Waals surface area contributed by atoms with Gasteiger partial charge in [-0.3, -0.25) is 34.7 Å². The van der Waals surface area contributed by atoms with E-state index in [1.165, 1.54) is 37.9 Å². The van der Waals surface area contributed by atoms with Gasteiger partial charge in [-0.05, 0) is 144 Å². The molecule has 432 valence electrons. The van der Waals surface area contributed by atoms with Crippen LogP contribution in [0, 0.1) is 40.6 Å². The highest BCUT2D eigenvalue weighted by atomic mass is 79.9. The Morgan fingerprint density at radius 3 is 1.24 bits per heavy atom. The van der Waals surface area contributed by atoms with E-state index in [0.29, 0.717) is 83.6 Å². The highest BCUT2D eigenvalue weighted by Crippen LogP contribution is 2.34. The fourth-order valence-electron chi connectivity index (χ4n) is 8.43. The van der Waals surface area contributed by atoms with Gasteiger partial charge < -0.3 is 29.7 Å². The van der Waals surface area contributed by atoms with Crippen LogP contribution in [0.1, 0.15) is 131 Å². The van der Waals surface area contributed by atoms with Crippen molar-refractivity contribution >= 4 is 96.5 Å². The quantitative estimate of drug-likeness (QED) is 0.0898. The van der Waals surface area contributed by atoms with E-state index in [2.05, 4.69) is 46.8 Å². The summed E-state index contributed by atoms with van der Waals surface area (Å²) >= 11 is 11.8. The van der Waals surface area contributed by atoms with Crippen LogP contribution in [-0.2, 0) is 28.6 Å². The predicted octanol–water partition coefficient (Wildman–Crippen LogP) is 15.0. The molecule has 5 aromatic rings. The van der Waals surface area contributed by atoms with E-state index < -0.39 is 22.8 Å². The maximum absolute atomic E-state index is 13.9. The smallest absolute Gasteiger partial charge is 0.309 e. The Hall–Kier alpha value is -5.30. The maximum atomic E-state index is 13.9. The molecule has 1 aliphatic carbocycles. The van der Waals surface area contributed by atoms with Crippen LogP contribution >= 0.6 is 55.9 Å². The number of piperidine rings is 2. The van der Waals surface area contributed by atoms with Crippen molar-refractivity contribution < 1.29 is 41.8 Å². The molecular weight excluding hydrogens is 1190 g/mol. The molecule has 3 fully saturated rings. The van der Waals surface area contributed by atoms with E-state index in [-0.39, 0.29) is 64.5 Å². The lowest BCUT2D eigenvalue weighted by Crippen LogP contribution is -2.39. The Bertz CT molecular complexity index is 2510. The maximum Gasteiger partial charge on any atom is 0.309 e. The molecule has 0 bridgehead atoms. The van der Waals surface area contributed by atoms with Gasteiger partial charge in [0, 0.05) is 38.6 Å². The first kappa shape index (κ1) is 68.0. The Morgan fingerprint density at radius 1 is 0.544 bits per heavy atom. The molecule has 2 aromatic carbocycles. The number of ether oxygens (including phenoxy) is 3. The van der Waals surface area contributed by atoms with Crippen molar-refractivity contribution in [2.45, 2.75) is 137 Å². The average molecular weight is 1270 g/mol. The number of carbonyl (C=O) groups is 3. The minimum absolute atomic E-state index is 0. The summed E-state index contributed by atoms with van der Waals surface area (Å²) in [5.41, 5.74) is 8.25. The minimum atomic E-state index is -0.508. The van der Waals surface area contributed by atoms with Crippen molar-refractivity contribution in [1.29, 1.82) is 5.41 Å². The van der Waals surface area contributed by atoms with Crippen molar-refractivity contribution in [3.05, 3.63) is 140 Å². The van der Waals surface area contributed by atoms with Gasteiger partial charge >= 0.3 is 17.9 Å². The van der Waals surface area contributed by atoms with Crippen molar-refractivity contribution in [2.24, 2.45) is 17.8 Å². The lowest BCUT2D eigenvalue weighted by atomic mass is 9.89. The number of carbonyl (C=O) groups excluding carboxylic acids is 3. The normalized spacial score (nSPS) is 15.1. The summed E-state index contributed by atoms with van der Waals surface area (Å²) in [6, 6.07) is 19.5.